The van der Waals surface area contributed by atoms with E-state index in [0.29, 0.717) is 27.5 Å². The maximum Gasteiger partial charge on any atom is 0.170 e. The summed E-state index contributed by atoms with van der Waals surface area (Å²) in [6, 6.07) is 22.7. The van der Waals surface area contributed by atoms with Crippen LogP contribution in [0.3, 0.4) is 0 Å². The Hall–Kier alpha value is -3.06. The third-order valence-electron chi connectivity index (χ3n) is 5.82. The number of thiocarbonyl (C=S) groups is 1. The van der Waals surface area contributed by atoms with Crippen molar-refractivity contribution in [3.63, 3.8) is 0 Å². The van der Waals surface area contributed by atoms with Crippen molar-refractivity contribution in [3.05, 3.63) is 106 Å². The number of rotatable bonds is 6. The summed E-state index contributed by atoms with van der Waals surface area (Å²) in [5.74, 6) is 2.24. The summed E-state index contributed by atoms with van der Waals surface area (Å²) >= 11 is 18.3. The summed E-state index contributed by atoms with van der Waals surface area (Å²) in [6.45, 7) is 0.599. The topological polar surface area (TPSA) is 50.5 Å². The first-order valence-corrected chi connectivity index (χ1v) is 11.9. The number of hydrogen-bond acceptors (Lipinski definition) is 4. The van der Waals surface area contributed by atoms with E-state index in [1.807, 2.05) is 60.7 Å². The summed E-state index contributed by atoms with van der Waals surface area (Å²) in [5.41, 5.74) is 2.76. The molecular weight excluding hydrogens is 489 g/mol. The summed E-state index contributed by atoms with van der Waals surface area (Å²) in [6.07, 6.45) is 1.78. The highest BCUT2D eigenvalue weighted by Crippen LogP contribution is 2.42. The van der Waals surface area contributed by atoms with Gasteiger partial charge in [-0.05, 0) is 72.4 Å². The minimum Gasteiger partial charge on any atom is -0.497 e. The summed E-state index contributed by atoms with van der Waals surface area (Å²) < 4.78 is 11.7. The molecule has 0 saturated carbocycles. The van der Waals surface area contributed by atoms with Gasteiger partial charge in [0.25, 0.3) is 0 Å². The quantitative estimate of drug-likeness (QED) is 0.287. The molecule has 1 aliphatic rings. The minimum atomic E-state index is -0.204. The summed E-state index contributed by atoms with van der Waals surface area (Å²) in [7, 11) is 1.66. The molecule has 0 unspecified atom stereocenters. The van der Waals surface area contributed by atoms with Gasteiger partial charge in [0, 0.05) is 23.3 Å². The Morgan fingerprint density at radius 3 is 2.59 bits per heavy atom. The number of benzene rings is 2. The lowest BCUT2D eigenvalue weighted by molar-refractivity contribution is 0.269. The molecule has 0 amide bonds. The second-order valence-electron chi connectivity index (χ2n) is 7.93. The molecule has 172 valence electrons. The number of halogens is 2. The van der Waals surface area contributed by atoms with Crippen molar-refractivity contribution >= 4 is 40.5 Å². The molecule has 0 spiro atoms. The van der Waals surface area contributed by atoms with E-state index in [0.717, 1.165) is 28.3 Å². The highest BCUT2D eigenvalue weighted by molar-refractivity contribution is 7.80. The molecule has 5 nitrogen and oxygen atoms in total. The molecule has 2 aromatic heterocycles. The molecule has 1 N–H and O–H groups in total. The van der Waals surface area contributed by atoms with Gasteiger partial charge < -0.3 is 19.4 Å². The van der Waals surface area contributed by atoms with Crippen LogP contribution in [0.4, 0.5) is 0 Å². The highest BCUT2D eigenvalue weighted by Gasteiger charge is 2.41. The average Bonchev–Trinajstić information content (AvgIpc) is 3.45. The molecule has 3 heterocycles. The largest absolute Gasteiger partial charge is 0.497 e. The molecule has 1 aliphatic heterocycles. The van der Waals surface area contributed by atoms with Crippen LogP contribution in [0.1, 0.15) is 29.1 Å². The molecule has 2 aromatic carbocycles. The molecule has 5 rings (SSSR count). The van der Waals surface area contributed by atoms with Gasteiger partial charge in [-0.15, -0.1) is 0 Å². The molecule has 1 saturated heterocycles. The highest BCUT2D eigenvalue weighted by atomic mass is 35.5. The molecule has 34 heavy (non-hydrogen) atoms. The Bertz CT molecular complexity index is 1310. The summed E-state index contributed by atoms with van der Waals surface area (Å²) in [5, 5.41) is 5.19. The second-order valence-corrected chi connectivity index (χ2v) is 9.16. The molecule has 2 atom stereocenters. The Morgan fingerprint density at radius 2 is 1.88 bits per heavy atom. The molecule has 8 heteroatoms. The lowest BCUT2D eigenvalue weighted by Gasteiger charge is -2.26. The Kier molecular flexibility index (Phi) is 6.46. The fraction of sp³-hybridized carbons (Fsp3) is 0.154. The van der Waals surface area contributed by atoms with Crippen molar-refractivity contribution in [3.8, 4) is 17.1 Å². The number of nitrogens with one attached hydrogen (secondary N) is 1. The zero-order chi connectivity index (χ0) is 23.7. The predicted molar refractivity (Wildman–Crippen MR) is 138 cm³/mol. The van der Waals surface area contributed by atoms with Gasteiger partial charge in [-0.1, -0.05) is 41.4 Å². The van der Waals surface area contributed by atoms with Crippen molar-refractivity contribution < 1.29 is 9.15 Å². The van der Waals surface area contributed by atoms with Crippen molar-refractivity contribution in [2.45, 2.75) is 18.6 Å². The van der Waals surface area contributed by atoms with Gasteiger partial charge in [0.05, 0.1) is 23.9 Å². The van der Waals surface area contributed by atoms with Gasteiger partial charge in [0.1, 0.15) is 23.3 Å². The lowest BCUT2D eigenvalue weighted by atomic mass is 10.0. The first kappa shape index (κ1) is 22.7. The number of aromatic nitrogens is 1. The second kappa shape index (κ2) is 9.66. The molecular formula is C26H21Cl2N3O2S. The SMILES string of the molecule is COc1ccc(CN2C(=S)N[C@@H](c3ccccn3)[C@H]2c2ccc(-c3ccc(Cl)cc3Cl)o2)cc1. The lowest BCUT2D eigenvalue weighted by Crippen LogP contribution is -2.29. The number of nitrogens with zero attached hydrogens (tertiary/aromatic N) is 2. The maximum absolute atomic E-state index is 6.43. The Labute approximate surface area is 213 Å². The third kappa shape index (κ3) is 4.49. The Morgan fingerprint density at radius 1 is 1.06 bits per heavy atom. The van der Waals surface area contributed by atoms with E-state index in [2.05, 4.69) is 15.2 Å². The van der Waals surface area contributed by atoms with Crippen molar-refractivity contribution in [1.82, 2.24) is 15.2 Å². The van der Waals surface area contributed by atoms with E-state index in [9.17, 15) is 0 Å². The van der Waals surface area contributed by atoms with Gasteiger partial charge in [-0.2, -0.15) is 0 Å². The standard InChI is InChI=1S/C26H21Cl2N3O2S/c1-32-18-8-5-16(6-9-18)15-31-25(24(30-26(31)34)21-4-2-3-13-29-21)23-12-11-22(33-23)19-10-7-17(27)14-20(19)28/h2-14,24-25H,15H2,1H3,(H,30,34)/t24-,25+/m0/s1. The molecule has 4 aromatic rings. The van der Waals surface area contributed by atoms with Crippen molar-refractivity contribution in [2.75, 3.05) is 7.11 Å². The van der Waals surface area contributed by atoms with Gasteiger partial charge in [-0.3, -0.25) is 4.98 Å². The molecule has 0 bridgehead atoms. The van der Waals surface area contributed by atoms with Crippen LogP contribution in [0.15, 0.2) is 83.4 Å². The smallest absolute Gasteiger partial charge is 0.170 e. The van der Waals surface area contributed by atoms with Crippen LogP contribution in [-0.4, -0.2) is 22.1 Å². The average molecular weight is 510 g/mol. The molecule has 0 aliphatic carbocycles. The van der Waals surface area contributed by atoms with Crippen LogP contribution in [0.2, 0.25) is 10.0 Å². The zero-order valence-corrected chi connectivity index (χ0v) is 20.6. The fourth-order valence-electron chi connectivity index (χ4n) is 4.16. The van der Waals surface area contributed by atoms with Crippen molar-refractivity contribution in [2.24, 2.45) is 0 Å². The van der Waals surface area contributed by atoms with Gasteiger partial charge in [-0.25, -0.2) is 0 Å². The van der Waals surface area contributed by atoms with Crippen LogP contribution >= 0.6 is 35.4 Å². The number of methoxy groups -OCH3 is 1. The van der Waals surface area contributed by atoms with E-state index < -0.39 is 0 Å². The normalized spacial score (nSPS) is 17.6. The number of ether oxygens (including phenoxy) is 1. The number of hydrogen-bond donors (Lipinski definition) is 1. The van der Waals surface area contributed by atoms with E-state index in [1.165, 1.54) is 0 Å². The summed E-state index contributed by atoms with van der Waals surface area (Å²) in [4.78, 5) is 6.71. The predicted octanol–water partition coefficient (Wildman–Crippen LogP) is 6.83. The van der Waals surface area contributed by atoms with Crippen molar-refractivity contribution in [1.29, 1.82) is 0 Å². The molecule has 0 radical (unpaired) electrons. The van der Waals surface area contributed by atoms with Gasteiger partial charge in [0.2, 0.25) is 0 Å². The number of pyridine rings is 1. The van der Waals surface area contributed by atoms with Gasteiger partial charge in [0.15, 0.2) is 5.11 Å². The Balaban J connectivity index is 1.52. The minimum absolute atomic E-state index is 0.174. The van der Waals surface area contributed by atoms with Crippen LogP contribution in [-0.2, 0) is 6.54 Å². The molecule has 1 fully saturated rings. The zero-order valence-electron chi connectivity index (χ0n) is 18.2. The first-order valence-electron chi connectivity index (χ1n) is 10.7. The third-order valence-corrected chi connectivity index (χ3v) is 6.72. The maximum atomic E-state index is 6.43. The van der Waals surface area contributed by atoms with Crippen LogP contribution in [0, 0.1) is 0 Å². The van der Waals surface area contributed by atoms with E-state index in [-0.39, 0.29) is 12.1 Å². The van der Waals surface area contributed by atoms with E-state index >= 15 is 0 Å². The first-order chi connectivity index (χ1) is 16.5. The number of furan rings is 1. The van der Waals surface area contributed by atoms with Gasteiger partial charge >= 0.3 is 0 Å². The monoisotopic (exact) mass is 509 g/mol. The van der Waals surface area contributed by atoms with Crippen LogP contribution in [0.25, 0.3) is 11.3 Å². The van der Waals surface area contributed by atoms with E-state index in [4.69, 9.17) is 44.6 Å². The van der Waals surface area contributed by atoms with E-state index in [1.54, 1.807) is 25.4 Å². The van der Waals surface area contributed by atoms with Crippen LogP contribution < -0.4 is 10.1 Å². The van der Waals surface area contributed by atoms with Crippen LogP contribution in [0.5, 0.6) is 5.75 Å². The fourth-order valence-corrected chi connectivity index (χ4v) is 4.96.